The summed E-state index contributed by atoms with van der Waals surface area (Å²) in [4.78, 5) is 26.8. The number of carbonyl (C=O) groups is 2. The third-order valence-electron chi connectivity index (χ3n) is 7.91. The lowest BCUT2D eigenvalue weighted by molar-refractivity contribution is -0.133. The van der Waals surface area contributed by atoms with Gasteiger partial charge in [-0.2, -0.15) is 0 Å². The van der Waals surface area contributed by atoms with Gasteiger partial charge in [0.2, 0.25) is 5.91 Å². The van der Waals surface area contributed by atoms with Crippen LogP contribution in [0.3, 0.4) is 0 Å². The van der Waals surface area contributed by atoms with E-state index in [9.17, 15) is 9.59 Å². The van der Waals surface area contributed by atoms with E-state index in [4.69, 9.17) is 11.6 Å². The van der Waals surface area contributed by atoms with Crippen LogP contribution in [0.4, 0.5) is 0 Å². The molecule has 2 aliphatic carbocycles. The molecule has 1 saturated heterocycles. The summed E-state index contributed by atoms with van der Waals surface area (Å²) < 4.78 is 0. The third kappa shape index (κ3) is 4.17. The SMILES string of the molecule is CC(=O)c1ccc(-c2ccc(CC3CCN(C4CCC5(CC4)CC5)C3=O)c(Cl)c2)cc1. The Labute approximate surface area is 189 Å². The van der Waals surface area contributed by atoms with Gasteiger partial charge in [0.15, 0.2) is 5.78 Å². The van der Waals surface area contributed by atoms with Crippen LogP contribution in [0.1, 0.15) is 67.8 Å². The summed E-state index contributed by atoms with van der Waals surface area (Å²) in [6, 6.07) is 14.2. The molecule has 0 radical (unpaired) electrons. The molecule has 3 nitrogen and oxygen atoms in total. The average molecular weight is 436 g/mol. The number of Topliss-reactive ketones (excluding diaryl/α,β-unsaturated/α-hetero) is 1. The molecule has 0 aromatic heterocycles. The van der Waals surface area contributed by atoms with E-state index < -0.39 is 0 Å². The predicted molar refractivity (Wildman–Crippen MR) is 124 cm³/mol. The minimum atomic E-state index is 0.0509. The number of hydrogen-bond donors (Lipinski definition) is 0. The monoisotopic (exact) mass is 435 g/mol. The molecule has 3 fully saturated rings. The van der Waals surface area contributed by atoms with Gasteiger partial charge in [0.1, 0.15) is 0 Å². The summed E-state index contributed by atoms with van der Waals surface area (Å²) in [6.45, 7) is 2.48. The molecule has 162 valence electrons. The normalized spacial score (nSPS) is 22.8. The van der Waals surface area contributed by atoms with E-state index >= 15 is 0 Å². The third-order valence-corrected chi connectivity index (χ3v) is 8.26. The first-order chi connectivity index (χ1) is 14.9. The molecule has 1 heterocycles. The van der Waals surface area contributed by atoms with Gasteiger partial charge in [-0.15, -0.1) is 0 Å². The number of halogens is 1. The number of ketones is 1. The van der Waals surface area contributed by atoms with E-state index in [1.807, 2.05) is 30.3 Å². The molecule has 4 heteroatoms. The lowest BCUT2D eigenvalue weighted by Crippen LogP contribution is -2.40. The molecule has 3 aliphatic rings. The zero-order chi connectivity index (χ0) is 21.6. The summed E-state index contributed by atoms with van der Waals surface area (Å²) in [5.41, 5.74) is 4.49. The number of benzene rings is 2. The van der Waals surface area contributed by atoms with Gasteiger partial charge in [-0.05, 0) is 86.5 Å². The van der Waals surface area contributed by atoms with Gasteiger partial charge in [-0.3, -0.25) is 9.59 Å². The number of amides is 1. The molecule has 1 aliphatic heterocycles. The van der Waals surface area contributed by atoms with Crippen molar-refractivity contribution in [2.45, 2.75) is 64.3 Å². The second kappa shape index (κ2) is 8.09. The number of rotatable bonds is 5. The highest BCUT2D eigenvalue weighted by Gasteiger charge is 2.47. The molecule has 2 aromatic rings. The Balaban J connectivity index is 1.24. The molecule has 1 unspecified atom stereocenters. The van der Waals surface area contributed by atoms with Gasteiger partial charge in [0.25, 0.3) is 0 Å². The number of carbonyl (C=O) groups excluding carboxylic acids is 2. The summed E-state index contributed by atoms with van der Waals surface area (Å²) >= 11 is 6.63. The molecule has 2 saturated carbocycles. The predicted octanol–water partition coefficient (Wildman–Crippen LogP) is 6.32. The van der Waals surface area contributed by atoms with Crippen LogP contribution in [0.25, 0.3) is 11.1 Å². The van der Waals surface area contributed by atoms with Crippen LogP contribution in [-0.4, -0.2) is 29.2 Å². The van der Waals surface area contributed by atoms with E-state index in [1.165, 1.54) is 38.5 Å². The lowest BCUT2D eigenvalue weighted by atomic mass is 9.83. The highest BCUT2D eigenvalue weighted by molar-refractivity contribution is 6.31. The molecule has 0 N–H and O–H groups in total. The van der Waals surface area contributed by atoms with Crippen LogP contribution in [0.2, 0.25) is 5.02 Å². The first-order valence-electron chi connectivity index (χ1n) is 11.6. The van der Waals surface area contributed by atoms with E-state index in [0.717, 1.165) is 29.7 Å². The summed E-state index contributed by atoms with van der Waals surface area (Å²) in [5.74, 6) is 0.446. The van der Waals surface area contributed by atoms with Crippen molar-refractivity contribution in [1.29, 1.82) is 0 Å². The zero-order valence-electron chi connectivity index (χ0n) is 18.2. The summed E-state index contributed by atoms with van der Waals surface area (Å²) in [6.07, 6.45) is 9.48. The Kier molecular flexibility index (Phi) is 5.42. The lowest BCUT2D eigenvalue weighted by Gasteiger charge is -2.35. The fraction of sp³-hybridized carbons (Fsp3) is 0.481. The molecule has 1 amide bonds. The minimum absolute atomic E-state index is 0.0509. The first-order valence-corrected chi connectivity index (χ1v) is 12.0. The van der Waals surface area contributed by atoms with Crippen LogP contribution in [0.5, 0.6) is 0 Å². The Morgan fingerprint density at radius 2 is 1.68 bits per heavy atom. The number of hydrogen-bond acceptors (Lipinski definition) is 2. The molecular formula is C27H30ClNO2. The van der Waals surface area contributed by atoms with Gasteiger partial charge in [0, 0.05) is 29.1 Å². The van der Waals surface area contributed by atoms with Gasteiger partial charge in [0.05, 0.1) is 0 Å². The summed E-state index contributed by atoms with van der Waals surface area (Å²) in [7, 11) is 0. The topological polar surface area (TPSA) is 37.4 Å². The molecule has 1 atom stereocenters. The smallest absolute Gasteiger partial charge is 0.226 e. The minimum Gasteiger partial charge on any atom is -0.339 e. The van der Waals surface area contributed by atoms with Crippen molar-refractivity contribution >= 4 is 23.3 Å². The maximum Gasteiger partial charge on any atom is 0.226 e. The highest BCUT2D eigenvalue weighted by Crippen LogP contribution is 2.56. The van der Waals surface area contributed by atoms with Crippen molar-refractivity contribution in [3.63, 3.8) is 0 Å². The van der Waals surface area contributed by atoms with E-state index in [1.54, 1.807) is 6.92 Å². The van der Waals surface area contributed by atoms with Crippen molar-refractivity contribution in [3.05, 3.63) is 58.6 Å². The van der Waals surface area contributed by atoms with Gasteiger partial charge < -0.3 is 4.90 Å². The van der Waals surface area contributed by atoms with E-state index in [-0.39, 0.29) is 11.7 Å². The molecule has 5 rings (SSSR count). The molecule has 1 spiro atoms. The van der Waals surface area contributed by atoms with Gasteiger partial charge in [-0.25, -0.2) is 0 Å². The standard InChI is InChI=1S/C27H30ClNO2/c1-18(30)19-2-4-20(5-3-19)21-6-7-22(25(28)17-21)16-23-10-15-29(26(23)31)24-8-11-27(12-9-24)13-14-27/h2-7,17,23-24H,8-16H2,1H3. The van der Waals surface area contributed by atoms with Crippen LogP contribution in [-0.2, 0) is 11.2 Å². The Morgan fingerprint density at radius 3 is 2.29 bits per heavy atom. The van der Waals surface area contributed by atoms with Crippen molar-refractivity contribution in [2.75, 3.05) is 6.54 Å². The Bertz CT molecular complexity index is 998. The van der Waals surface area contributed by atoms with E-state index in [0.29, 0.717) is 34.4 Å². The first kappa shape index (κ1) is 20.8. The molecule has 31 heavy (non-hydrogen) atoms. The Hall–Kier alpha value is -2.13. The number of likely N-dealkylation sites (tertiary alicyclic amines) is 1. The molecule has 2 aromatic carbocycles. The highest BCUT2D eigenvalue weighted by atomic mass is 35.5. The fourth-order valence-corrected chi connectivity index (χ4v) is 5.83. The Morgan fingerprint density at radius 1 is 1.00 bits per heavy atom. The van der Waals surface area contributed by atoms with Crippen LogP contribution >= 0.6 is 11.6 Å². The molecule has 0 bridgehead atoms. The second-order valence-corrected chi connectivity index (χ2v) is 10.3. The largest absolute Gasteiger partial charge is 0.339 e. The fourth-order valence-electron chi connectivity index (χ4n) is 5.57. The maximum absolute atomic E-state index is 13.1. The summed E-state index contributed by atoms with van der Waals surface area (Å²) in [5, 5.41) is 0.715. The van der Waals surface area contributed by atoms with Crippen LogP contribution < -0.4 is 0 Å². The van der Waals surface area contributed by atoms with Crippen molar-refractivity contribution in [3.8, 4) is 11.1 Å². The van der Waals surface area contributed by atoms with Crippen molar-refractivity contribution < 1.29 is 9.59 Å². The zero-order valence-corrected chi connectivity index (χ0v) is 19.0. The van der Waals surface area contributed by atoms with Crippen LogP contribution in [0.15, 0.2) is 42.5 Å². The van der Waals surface area contributed by atoms with Gasteiger partial charge >= 0.3 is 0 Å². The maximum atomic E-state index is 13.1. The van der Waals surface area contributed by atoms with Crippen molar-refractivity contribution in [1.82, 2.24) is 4.90 Å². The second-order valence-electron chi connectivity index (χ2n) is 9.89. The van der Waals surface area contributed by atoms with Crippen molar-refractivity contribution in [2.24, 2.45) is 11.3 Å². The number of nitrogens with zero attached hydrogens (tertiary/aromatic N) is 1. The van der Waals surface area contributed by atoms with Gasteiger partial charge in [-0.1, -0.05) is 48.0 Å². The quantitative estimate of drug-likeness (QED) is 0.515. The van der Waals surface area contributed by atoms with E-state index in [2.05, 4.69) is 17.0 Å². The average Bonchev–Trinajstić information content (AvgIpc) is 3.44. The molecular weight excluding hydrogens is 406 g/mol. The van der Waals surface area contributed by atoms with Crippen LogP contribution in [0, 0.1) is 11.3 Å².